The van der Waals surface area contributed by atoms with Crippen LogP contribution in [0.3, 0.4) is 0 Å². The molecule has 1 heterocycles. The molecule has 0 bridgehead atoms. The number of benzene rings is 3. The number of rotatable bonds is 5. The van der Waals surface area contributed by atoms with Crippen LogP contribution in [0.15, 0.2) is 66.7 Å². The van der Waals surface area contributed by atoms with Gasteiger partial charge in [-0.1, -0.05) is 24.3 Å². The van der Waals surface area contributed by atoms with Crippen LogP contribution in [0.1, 0.15) is 34.3 Å². The highest BCUT2D eigenvalue weighted by atomic mass is 19.4. The molecule has 1 aliphatic heterocycles. The molecule has 3 aromatic carbocycles. The number of likely N-dealkylation sites (tertiary alicyclic amines) is 1. The maximum Gasteiger partial charge on any atom is 0.416 e. The molecule has 0 N–H and O–H groups in total. The van der Waals surface area contributed by atoms with Gasteiger partial charge in [-0.15, -0.1) is 0 Å². The van der Waals surface area contributed by atoms with E-state index < -0.39 is 11.7 Å². The first-order valence-electron chi connectivity index (χ1n) is 10.1. The third kappa shape index (κ3) is 5.08. The van der Waals surface area contributed by atoms with Crippen molar-refractivity contribution in [3.8, 4) is 16.9 Å². The predicted octanol–water partition coefficient (Wildman–Crippen LogP) is 5.99. The molecule has 0 atom stereocenters. The van der Waals surface area contributed by atoms with E-state index in [-0.39, 0.29) is 5.91 Å². The van der Waals surface area contributed by atoms with Gasteiger partial charge in [-0.2, -0.15) is 13.2 Å². The van der Waals surface area contributed by atoms with Crippen LogP contribution in [0.25, 0.3) is 11.1 Å². The molecule has 4 rings (SSSR count). The van der Waals surface area contributed by atoms with Crippen LogP contribution in [0.4, 0.5) is 13.2 Å². The molecule has 0 spiro atoms. The van der Waals surface area contributed by atoms with E-state index in [1.54, 1.807) is 18.2 Å². The summed E-state index contributed by atoms with van der Waals surface area (Å²) in [6.45, 7) is 1.94. The molecule has 0 saturated carbocycles. The second kappa shape index (κ2) is 8.84. The second-order valence-electron chi connectivity index (χ2n) is 7.52. The van der Waals surface area contributed by atoms with Crippen LogP contribution in [0, 0.1) is 6.07 Å². The highest BCUT2D eigenvalue weighted by Gasteiger charge is 2.30. The van der Waals surface area contributed by atoms with E-state index in [9.17, 15) is 18.0 Å². The molecular formula is C25H21F3NO2. The van der Waals surface area contributed by atoms with Crippen molar-refractivity contribution in [2.75, 3.05) is 13.1 Å². The number of hydrogen-bond donors (Lipinski definition) is 0. The summed E-state index contributed by atoms with van der Waals surface area (Å²) in [5, 5.41) is 0. The number of carbonyl (C=O) groups is 1. The summed E-state index contributed by atoms with van der Waals surface area (Å²) >= 11 is 0. The minimum Gasteiger partial charge on any atom is -0.489 e. The monoisotopic (exact) mass is 424 g/mol. The Morgan fingerprint density at radius 2 is 1.61 bits per heavy atom. The average Bonchev–Trinajstić information content (AvgIpc) is 3.32. The molecule has 3 nitrogen and oxygen atoms in total. The Morgan fingerprint density at radius 3 is 2.26 bits per heavy atom. The number of hydrogen-bond acceptors (Lipinski definition) is 2. The lowest BCUT2D eigenvalue weighted by Gasteiger charge is -2.15. The number of ether oxygens (including phenoxy) is 1. The van der Waals surface area contributed by atoms with Crippen molar-refractivity contribution >= 4 is 5.91 Å². The Morgan fingerprint density at radius 1 is 0.935 bits per heavy atom. The zero-order valence-corrected chi connectivity index (χ0v) is 16.8. The summed E-state index contributed by atoms with van der Waals surface area (Å²) in [7, 11) is 0. The highest BCUT2D eigenvalue weighted by Crippen LogP contribution is 2.31. The van der Waals surface area contributed by atoms with E-state index in [4.69, 9.17) is 4.74 Å². The molecule has 1 aliphatic rings. The quantitative estimate of drug-likeness (QED) is 0.504. The van der Waals surface area contributed by atoms with Crippen LogP contribution in [-0.4, -0.2) is 23.9 Å². The molecule has 1 saturated heterocycles. The van der Waals surface area contributed by atoms with E-state index >= 15 is 0 Å². The zero-order valence-electron chi connectivity index (χ0n) is 16.8. The fourth-order valence-electron chi connectivity index (χ4n) is 3.56. The summed E-state index contributed by atoms with van der Waals surface area (Å²) in [5.74, 6) is 0.624. The number of halogens is 3. The minimum absolute atomic E-state index is 0.0591. The van der Waals surface area contributed by atoms with E-state index in [0.29, 0.717) is 23.5 Å². The van der Waals surface area contributed by atoms with Crippen molar-refractivity contribution in [3.63, 3.8) is 0 Å². The second-order valence-corrected chi connectivity index (χ2v) is 7.52. The van der Waals surface area contributed by atoms with Gasteiger partial charge < -0.3 is 9.64 Å². The first kappa shape index (κ1) is 21.0. The SMILES string of the molecule is O=C(c1ccc(COc2c[c]cc(-c3ccc(C(F)(F)F)cc3)c2)cc1)N1CCCC1. The predicted molar refractivity (Wildman–Crippen MR) is 112 cm³/mol. The molecule has 159 valence electrons. The topological polar surface area (TPSA) is 29.5 Å². The average molecular weight is 424 g/mol. The largest absolute Gasteiger partial charge is 0.489 e. The highest BCUT2D eigenvalue weighted by molar-refractivity contribution is 5.94. The van der Waals surface area contributed by atoms with E-state index in [1.807, 2.05) is 29.2 Å². The molecule has 0 unspecified atom stereocenters. The van der Waals surface area contributed by atoms with Gasteiger partial charge in [0, 0.05) is 18.7 Å². The lowest BCUT2D eigenvalue weighted by molar-refractivity contribution is -0.137. The summed E-state index contributed by atoms with van der Waals surface area (Å²) in [6.07, 6.45) is -2.25. The number of carbonyl (C=O) groups excluding carboxylic acids is 1. The van der Waals surface area contributed by atoms with Gasteiger partial charge in [0.25, 0.3) is 5.91 Å². The van der Waals surface area contributed by atoms with Crippen molar-refractivity contribution in [2.45, 2.75) is 25.6 Å². The van der Waals surface area contributed by atoms with Gasteiger partial charge in [0.15, 0.2) is 0 Å². The summed E-state index contributed by atoms with van der Waals surface area (Å²) < 4.78 is 44.1. The van der Waals surface area contributed by atoms with E-state index in [2.05, 4.69) is 6.07 Å². The normalized spacial score (nSPS) is 14.0. The van der Waals surface area contributed by atoms with Crippen molar-refractivity contribution in [3.05, 3.63) is 89.5 Å². The van der Waals surface area contributed by atoms with E-state index in [0.717, 1.165) is 49.2 Å². The Bertz CT molecular complexity index is 1040. The van der Waals surface area contributed by atoms with Crippen LogP contribution in [0.2, 0.25) is 0 Å². The van der Waals surface area contributed by atoms with Crippen LogP contribution >= 0.6 is 0 Å². The van der Waals surface area contributed by atoms with Gasteiger partial charge in [0.05, 0.1) is 5.56 Å². The fraction of sp³-hybridized carbons (Fsp3) is 0.240. The molecule has 1 amide bonds. The Hall–Kier alpha value is -3.28. The first-order valence-corrected chi connectivity index (χ1v) is 10.1. The number of alkyl halides is 3. The molecule has 6 heteroatoms. The molecule has 0 aromatic heterocycles. The summed E-state index contributed by atoms with van der Waals surface area (Å²) in [5.41, 5.74) is 2.28. The van der Waals surface area contributed by atoms with Gasteiger partial charge in [-0.05, 0) is 78.1 Å². The Balaban J connectivity index is 1.39. The van der Waals surface area contributed by atoms with Crippen molar-refractivity contribution in [2.24, 2.45) is 0 Å². The van der Waals surface area contributed by atoms with Crippen molar-refractivity contribution < 1.29 is 22.7 Å². The van der Waals surface area contributed by atoms with Crippen LogP contribution < -0.4 is 4.74 Å². The maximum absolute atomic E-state index is 12.7. The summed E-state index contributed by atoms with van der Waals surface area (Å²) in [4.78, 5) is 14.3. The third-order valence-electron chi connectivity index (χ3n) is 5.31. The van der Waals surface area contributed by atoms with Gasteiger partial charge in [-0.25, -0.2) is 0 Å². The molecule has 1 fully saturated rings. The van der Waals surface area contributed by atoms with Gasteiger partial charge in [0.1, 0.15) is 12.4 Å². The standard InChI is InChI=1S/C25H21F3NO2/c26-25(27,28)22-12-10-19(11-13-22)21-4-3-5-23(16-21)31-17-18-6-8-20(9-7-18)24(30)29-14-1-2-15-29/h4-13,16H,1-2,14-15,17H2. The van der Waals surface area contributed by atoms with E-state index in [1.165, 1.54) is 12.1 Å². The van der Waals surface area contributed by atoms with Crippen molar-refractivity contribution in [1.29, 1.82) is 0 Å². The minimum atomic E-state index is -4.36. The molecular weight excluding hydrogens is 403 g/mol. The number of amides is 1. The van der Waals surface area contributed by atoms with Gasteiger partial charge in [-0.3, -0.25) is 4.79 Å². The van der Waals surface area contributed by atoms with Crippen molar-refractivity contribution in [1.82, 2.24) is 4.90 Å². The lowest BCUT2D eigenvalue weighted by atomic mass is 10.0. The summed E-state index contributed by atoms with van der Waals surface area (Å²) in [6, 6.07) is 20.5. The first-order chi connectivity index (χ1) is 14.9. The van der Waals surface area contributed by atoms with Crippen LogP contribution in [0.5, 0.6) is 5.75 Å². The fourth-order valence-corrected chi connectivity index (χ4v) is 3.56. The molecule has 31 heavy (non-hydrogen) atoms. The molecule has 3 aromatic rings. The van der Waals surface area contributed by atoms with Gasteiger partial charge in [0.2, 0.25) is 0 Å². The zero-order chi connectivity index (χ0) is 21.8. The van der Waals surface area contributed by atoms with Crippen LogP contribution in [-0.2, 0) is 12.8 Å². The Kier molecular flexibility index (Phi) is 5.98. The lowest BCUT2D eigenvalue weighted by Crippen LogP contribution is -2.27. The van der Waals surface area contributed by atoms with Gasteiger partial charge >= 0.3 is 6.18 Å². The Labute approximate surface area is 179 Å². The smallest absolute Gasteiger partial charge is 0.416 e. The third-order valence-corrected chi connectivity index (χ3v) is 5.31. The maximum atomic E-state index is 12.7. The molecule has 0 aliphatic carbocycles. The molecule has 1 radical (unpaired) electrons. The number of nitrogens with zero attached hydrogens (tertiary/aromatic N) is 1.